The van der Waals surface area contributed by atoms with Crippen LogP contribution in [0.25, 0.3) is 0 Å². The second-order valence-corrected chi connectivity index (χ2v) is 4.87. The molecule has 2 nitrogen and oxygen atoms in total. The molecule has 1 saturated carbocycles. The maximum atomic E-state index is 9.48. The lowest BCUT2D eigenvalue weighted by Gasteiger charge is -2.32. The zero-order valence-electron chi connectivity index (χ0n) is 8.95. The summed E-state index contributed by atoms with van der Waals surface area (Å²) in [6.45, 7) is 2.17. The third-order valence-corrected chi connectivity index (χ3v) is 4.04. The van der Waals surface area contributed by atoms with Crippen LogP contribution in [0.1, 0.15) is 38.5 Å². The van der Waals surface area contributed by atoms with Crippen LogP contribution in [0, 0.1) is 17.8 Å². The first-order valence-corrected chi connectivity index (χ1v) is 6.10. The summed E-state index contributed by atoms with van der Waals surface area (Å²) in [6, 6.07) is 0. The van der Waals surface area contributed by atoms with E-state index in [1.165, 1.54) is 38.5 Å². The van der Waals surface area contributed by atoms with Gasteiger partial charge in [-0.05, 0) is 24.2 Å². The smallest absolute Gasteiger partial charge is 0.0498 e. The number of hydrogen-bond acceptors (Lipinski definition) is 2. The highest BCUT2D eigenvalue weighted by molar-refractivity contribution is 4.81. The molecule has 1 saturated heterocycles. The Balaban J connectivity index is 1.89. The van der Waals surface area contributed by atoms with Crippen LogP contribution in [0.4, 0.5) is 0 Å². The van der Waals surface area contributed by atoms with E-state index in [9.17, 15) is 5.11 Å². The molecule has 82 valence electrons. The Labute approximate surface area is 86.6 Å². The Morgan fingerprint density at radius 3 is 2.43 bits per heavy atom. The molecule has 2 rings (SSSR count). The minimum absolute atomic E-state index is 0.374. The van der Waals surface area contributed by atoms with Gasteiger partial charge >= 0.3 is 0 Å². The number of hydrogen-bond donors (Lipinski definition) is 1. The normalized spacial score (nSPS) is 31.9. The van der Waals surface area contributed by atoms with Crippen LogP contribution in [0.3, 0.4) is 0 Å². The molecule has 0 radical (unpaired) electrons. The van der Waals surface area contributed by atoms with Gasteiger partial charge in [-0.15, -0.1) is 0 Å². The molecule has 1 N–H and O–H groups in total. The van der Waals surface area contributed by atoms with Gasteiger partial charge in [0.05, 0.1) is 0 Å². The van der Waals surface area contributed by atoms with Crippen molar-refractivity contribution in [3.63, 3.8) is 0 Å². The Morgan fingerprint density at radius 1 is 1.07 bits per heavy atom. The molecule has 0 amide bonds. The van der Waals surface area contributed by atoms with Crippen LogP contribution < -0.4 is 0 Å². The molecule has 0 aromatic heterocycles. The number of ether oxygens (including phenoxy) is 1. The Hall–Kier alpha value is -0.0800. The zero-order valence-corrected chi connectivity index (χ0v) is 8.95. The van der Waals surface area contributed by atoms with Gasteiger partial charge in [0.15, 0.2) is 0 Å². The van der Waals surface area contributed by atoms with Crippen LogP contribution in [0.5, 0.6) is 0 Å². The van der Waals surface area contributed by atoms with E-state index in [1.807, 2.05) is 0 Å². The molecule has 2 unspecified atom stereocenters. The first-order valence-electron chi connectivity index (χ1n) is 6.10. The molecule has 2 fully saturated rings. The molecule has 14 heavy (non-hydrogen) atoms. The lowest BCUT2D eigenvalue weighted by Crippen LogP contribution is -2.28. The summed E-state index contributed by atoms with van der Waals surface area (Å²) >= 11 is 0. The molecule has 2 aliphatic rings. The molecule has 2 atom stereocenters. The quantitative estimate of drug-likeness (QED) is 0.753. The van der Waals surface area contributed by atoms with Crippen LogP contribution in [-0.2, 0) is 4.74 Å². The molecular formula is C12H22O2. The molecule has 0 bridgehead atoms. The topological polar surface area (TPSA) is 29.5 Å². The molecule has 1 aliphatic carbocycles. The van der Waals surface area contributed by atoms with E-state index in [1.54, 1.807) is 0 Å². The highest BCUT2D eigenvalue weighted by atomic mass is 16.5. The van der Waals surface area contributed by atoms with Crippen LogP contribution >= 0.6 is 0 Å². The summed E-state index contributed by atoms with van der Waals surface area (Å²) in [4.78, 5) is 0. The van der Waals surface area contributed by atoms with Crippen molar-refractivity contribution in [1.29, 1.82) is 0 Å². The summed E-state index contributed by atoms with van der Waals surface area (Å²) in [6.07, 6.45) is 7.98. The summed E-state index contributed by atoms with van der Waals surface area (Å²) in [5.74, 6) is 1.95. The molecule has 2 heteroatoms. The van der Waals surface area contributed by atoms with Crippen molar-refractivity contribution in [3.05, 3.63) is 0 Å². The summed E-state index contributed by atoms with van der Waals surface area (Å²) in [5.41, 5.74) is 0. The van der Waals surface area contributed by atoms with E-state index in [4.69, 9.17) is 4.74 Å². The van der Waals surface area contributed by atoms with Gasteiger partial charge < -0.3 is 9.84 Å². The fourth-order valence-corrected chi connectivity index (χ4v) is 3.14. The lowest BCUT2D eigenvalue weighted by molar-refractivity contribution is 0.0850. The third kappa shape index (κ3) is 2.29. The largest absolute Gasteiger partial charge is 0.396 e. The predicted molar refractivity (Wildman–Crippen MR) is 56.1 cm³/mol. The Kier molecular flexibility index (Phi) is 3.82. The number of aliphatic hydroxyl groups is 1. The highest BCUT2D eigenvalue weighted by Crippen LogP contribution is 2.36. The van der Waals surface area contributed by atoms with Gasteiger partial charge in [-0.2, -0.15) is 0 Å². The van der Waals surface area contributed by atoms with Gasteiger partial charge in [0.1, 0.15) is 0 Å². The first kappa shape index (κ1) is 10.4. The van der Waals surface area contributed by atoms with E-state index < -0.39 is 0 Å². The average molecular weight is 198 g/mol. The van der Waals surface area contributed by atoms with Gasteiger partial charge in [-0.3, -0.25) is 0 Å². The van der Waals surface area contributed by atoms with Gasteiger partial charge in [-0.1, -0.05) is 32.1 Å². The van der Waals surface area contributed by atoms with E-state index in [-0.39, 0.29) is 0 Å². The summed E-state index contributed by atoms with van der Waals surface area (Å²) in [7, 11) is 0. The van der Waals surface area contributed by atoms with E-state index in [0.717, 1.165) is 19.1 Å². The predicted octanol–water partition coefficient (Wildman–Crippen LogP) is 2.21. The van der Waals surface area contributed by atoms with E-state index in [2.05, 4.69) is 0 Å². The third-order valence-electron chi connectivity index (χ3n) is 4.04. The van der Waals surface area contributed by atoms with E-state index >= 15 is 0 Å². The summed E-state index contributed by atoms with van der Waals surface area (Å²) < 4.78 is 5.42. The fourth-order valence-electron chi connectivity index (χ4n) is 3.14. The van der Waals surface area contributed by atoms with Crippen LogP contribution in [-0.4, -0.2) is 24.9 Å². The van der Waals surface area contributed by atoms with Crippen molar-refractivity contribution in [3.8, 4) is 0 Å². The maximum absolute atomic E-state index is 9.48. The number of rotatable bonds is 3. The fraction of sp³-hybridized carbons (Fsp3) is 1.00. The lowest BCUT2D eigenvalue weighted by atomic mass is 9.74. The van der Waals surface area contributed by atoms with Crippen LogP contribution in [0.15, 0.2) is 0 Å². The maximum Gasteiger partial charge on any atom is 0.0498 e. The molecular weight excluding hydrogens is 176 g/mol. The van der Waals surface area contributed by atoms with Crippen molar-refractivity contribution in [2.45, 2.75) is 38.5 Å². The minimum atomic E-state index is 0.374. The van der Waals surface area contributed by atoms with Crippen molar-refractivity contribution >= 4 is 0 Å². The minimum Gasteiger partial charge on any atom is -0.396 e. The van der Waals surface area contributed by atoms with Crippen molar-refractivity contribution in [1.82, 2.24) is 0 Å². The standard InChI is InChI=1S/C12H22O2/c13-8-12(11-6-7-14-9-11)10-4-2-1-3-5-10/h10-13H,1-9H2. The first-order chi connectivity index (χ1) is 6.92. The monoisotopic (exact) mass is 198 g/mol. The second-order valence-electron chi connectivity index (χ2n) is 4.87. The highest BCUT2D eigenvalue weighted by Gasteiger charge is 2.32. The molecule has 1 aliphatic heterocycles. The molecule has 0 aromatic carbocycles. The average Bonchev–Trinajstić information content (AvgIpc) is 2.74. The van der Waals surface area contributed by atoms with Crippen molar-refractivity contribution in [2.24, 2.45) is 17.8 Å². The number of aliphatic hydroxyl groups excluding tert-OH is 1. The zero-order chi connectivity index (χ0) is 9.80. The second kappa shape index (κ2) is 5.13. The van der Waals surface area contributed by atoms with Crippen molar-refractivity contribution in [2.75, 3.05) is 19.8 Å². The van der Waals surface area contributed by atoms with Crippen molar-refractivity contribution < 1.29 is 9.84 Å². The van der Waals surface area contributed by atoms with Gasteiger partial charge in [0.25, 0.3) is 0 Å². The molecule has 0 spiro atoms. The van der Waals surface area contributed by atoms with E-state index in [0.29, 0.717) is 18.4 Å². The van der Waals surface area contributed by atoms with Gasteiger partial charge in [0, 0.05) is 19.8 Å². The Morgan fingerprint density at radius 2 is 1.86 bits per heavy atom. The van der Waals surface area contributed by atoms with Crippen LogP contribution in [0.2, 0.25) is 0 Å². The molecule has 0 aromatic rings. The van der Waals surface area contributed by atoms with Gasteiger partial charge in [0.2, 0.25) is 0 Å². The SMILES string of the molecule is OCC(C1CCCCC1)C1CCOC1. The molecule has 1 heterocycles. The Bertz CT molecular complexity index is 158. The van der Waals surface area contributed by atoms with Gasteiger partial charge in [-0.25, -0.2) is 0 Å². The summed E-state index contributed by atoms with van der Waals surface area (Å²) in [5, 5.41) is 9.48.